The number of hydrogen-bond acceptors (Lipinski definition) is 5. The van der Waals surface area contributed by atoms with Crippen LogP contribution in [-0.2, 0) is 4.79 Å². The molecule has 4 fully saturated rings. The van der Waals surface area contributed by atoms with Crippen LogP contribution in [0, 0.1) is 28.6 Å². The standard InChI is InChI=1S/C31H27ClN6OS/c32-23-8-6-21(7-9-23)26-22(17-37(35-26)24-4-2-1-3-5-24)13-25-27(33)38-30(34-28(25)39)40-29(36-38)31-14-18-10-19(15-31)12-20(11-18)16-31/h1-9,13,17-20,33H,10-12,14-16H2/b25-13-,33-27?. The molecule has 0 saturated heterocycles. The number of hydrazone groups is 1. The Morgan fingerprint density at radius 3 is 2.33 bits per heavy atom. The summed E-state index contributed by atoms with van der Waals surface area (Å²) < 4.78 is 1.79. The van der Waals surface area contributed by atoms with Crippen molar-refractivity contribution in [3.63, 3.8) is 0 Å². The minimum Gasteiger partial charge on any atom is -0.282 e. The van der Waals surface area contributed by atoms with E-state index in [1.165, 1.54) is 50.3 Å². The quantitative estimate of drug-likeness (QED) is 0.343. The largest absolute Gasteiger partial charge is 0.283 e. The third-order valence-electron chi connectivity index (χ3n) is 9.13. The van der Waals surface area contributed by atoms with Gasteiger partial charge in [0.25, 0.3) is 5.91 Å². The molecule has 3 aromatic rings. The second-order valence-corrected chi connectivity index (χ2v) is 13.2. The van der Waals surface area contributed by atoms with Crippen LogP contribution in [0.25, 0.3) is 23.0 Å². The Kier molecular flexibility index (Phi) is 5.48. The summed E-state index contributed by atoms with van der Waals surface area (Å²) in [7, 11) is 0. The molecule has 0 atom stereocenters. The molecule has 9 heteroatoms. The van der Waals surface area contributed by atoms with Crippen molar-refractivity contribution in [1.29, 1.82) is 5.41 Å². The highest BCUT2D eigenvalue weighted by Crippen LogP contribution is 2.62. The first-order valence-electron chi connectivity index (χ1n) is 13.9. The molecule has 4 saturated carbocycles. The maximum absolute atomic E-state index is 13.3. The number of para-hydroxylation sites is 1. The van der Waals surface area contributed by atoms with Crippen LogP contribution in [0.15, 0.2) is 76.5 Å². The van der Waals surface area contributed by atoms with Crippen molar-refractivity contribution in [2.45, 2.75) is 38.5 Å². The van der Waals surface area contributed by atoms with Crippen LogP contribution in [0.2, 0.25) is 5.02 Å². The number of hydrogen-bond donors (Lipinski definition) is 1. The molecule has 7 nitrogen and oxygen atoms in total. The first kappa shape index (κ1) is 24.3. The normalized spacial score (nSPS) is 29.7. The Morgan fingerprint density at radius 1 is 0.975 bits per heavy atom. The number of fused-ring (bicyclic) bond motifs is 1. The average molecular weight is 567 g/mol. The Hall–Kier alpha value is -3.49. The maximum Gasteiger partial charge on any atom is 0.283 e. The Bertz CT molecular complexity index is 1620. The lowest BCUT2D eigenvalue weighted by molar-refractivity contribution is -0.114. The zero-order valence-corrected chi connectivity index (χ0v) is 23.3. The highest BCUT2D eigenvalue weighted by atomic mass is 35.5. The summed E-state index contributed by atoms with van der Waals surface area (Å²) in [6.07, 6.45) is 11.2. The minimum absolute atomic E-state index is 0.0664. The van der Waals surface area contributed by atoms with Gasteiger partial charge in [-0.2, -0.15) is 20.2 Å². The molecular weight excluding hydrogens is 540 g/mol. The maximum atomic E-state index is 13.3. The summed E-state index contributed by atoms with van der Waals surface area (Å²) in [4.78, 5) is 17.8. The van der Waals surface area contributed by atoms with E-state index < -0.39 is 5.91 Å². The lowest BCUT2D eigenvalue weighted by Crippen LogP contribution is -2.49. The van der Waals surface area contributed by atoms with Crippen molar-refractivity contribution in [3.8, 4) is 16.9 Å². The molecule has 9 rings (SSSR count). The number of rotatable bonds is 4. The van der Waals surface area contributed by atoms with Crippen LogP contribution in [0.5, 0.6) is 0 Å². The number of amidine groups is 2. The molecule has 200 valence electrons. The highest BCUT2D eigenvalue weighted by Gasteiger charge is 2.55. The van der Waals surface area contributed by atoms with Gasteiger partial charge in [0, 0.05) is 27.8 Å². The monoisotopic (exact) mass is 566 g/mol. The van der Waals surface area contributed by atoms with E-state index in [9.17, 15) is 4.79 Å². The van der Waals surface area contributed by atoms with Gasteiger partial charge in [-0.05, 0) is 98.4 Å². The molecule has 1 N–H and O–H groups in total. The summed E-state index contributed by atoms with van der Waals surface area (Å²) in [5.41, 5.74) is 3.47. The van der Waals surface area contributed by atoms with Gasteiger partial charge in [-0.25, -0.2) is 4.68 Å². The number of benzene rings is 2. The number of carbonyl (C=O) groups is 1. The number of aliphatic imine (C=N–C) groups is 1. The Labute approximate surface area is 241 Å². The van der Waals surface area contributed by atoms with Crippen molar-refractivity contribution in [3.05, 3.63) is 77.0 Å². The van der Waals surface area contributed by atoms with E-state index >= 15 is 0 Å². The molecule has 6 aliphatic rings. The van der Waals surface area contributed by atoms with Crippen LogP contribution >= 0.6 is 23.4 Å². The second-order valence-electron chi connectivity index (χ2n) is 11.8. The summed E-state index contributed by atoms with van der Waals surface area (Å²) in [5, 5.41) is 22.7. The van der Waals surface area contributed by atoms with E-state index in [1.807, 2.05) is 60.8 Å². The zero-order valence-electron chi connectivity index (χ0n) is 21.8. The lowest BCUT2D eigenvalue weighted by atomic mass is 9.50. The van der Waals surface area contributed by atoms with Crippen molar-refractivity contribution < 1.29 is 4.79 Å². The minimum atomic E-state index is -0.416. The number of carbonyl (C=O) groups excluding carboxylic acids is 1. The molecule has 0 unspecified atom stereocenters. The van der Waals surface area contributed by atoms with Gasteiger partial charge in [-0.15, -0.1) is 0 Å². The van der Waals surface area contributed by atoms with E-state index in [2.05, 4.69) is 4.99 Å². The fourth-order valence-electron chi connectivity index (χ4n) is 7.77. The number of halogens is 1. The number of thioether (sulfide) groups is 1. The van der Waals surface area contributed by atoms with Crippen molar-refractivity contribution >= 4 is 51.4 Å². The van der Waals surface area contributed by atoms with Crippen LogP contribution in [-0.4, -0.2) is 36.7 Å². The van der Waals surface area contributed by atoms with Crippen molar-refractivity contribution in [2.75, 3.05) is 0 Å². The van der Waals surface area contributed by atoms with Crippen LogP contribution in [0.3, 0.4) is 0 Å². The van der Waals surface area contributed by atoms with Gasteiger partial charge < -0.3 is 0 Å². The number of nitrogens with one attached hydrogen (secondary N) is 1. The van der Waals surface area contributed by atoms with Crippen LogP contribution in [0.1, 0.15) is 44.1 Å². The fourth-order valence-corrected chi connectivity index (χ4v) is 9.01. The third kappa shape index (κ3) is 3.91. The predicted octanol–water partition coefficient (Wildman–Crippen LogP) is 7.03. The van der Waals surface area contributed by atoms with Gasteiger partial charge in [0.05, 0.1) is 17.0 Å². The van der Waals surface area contributed by atoms with Crippen molar-refractivity contribution in [1.82, 2.24) is 14.8 Å². The predicted molar refractivity (Wildman–Crippen MR) is 160 cm³/mol. The summed E-state index contributed by atoms with van der Waals surface area (Å²) in [6, 6.07) is 17.3. The number of amides is 1. The smallest absolute Gasteiger partial charge is 0.282 e. The van der Waals surface area contributed by atoms with Crippen LogP contribution in [0.4, 0.5) is 0 Å². The van der Waals surface area contributed by atoms with Gasteiger partial charge in [0.1, 0.15) is 5.04 Å². The Morgan fingerprint density at radius 2 is 1.65 bits per heavy atom. The molecular formula is C31H27ClN6OS. The van der Waals surface area contributed by atoms with Gasteiger partial charge in [-0.3, -0.25) is 10.2 Å². The van der Waals surface area contributed by atoms with E-state index in [4.69, 9.17) is 27.2 Å². The van der Waals surface area contributed by atoms with Gasteiger partial charge in [-0.1, -0.05) is 41.9 Å². The van der Waals surface area contributed by atoms with E-state index in [1.54, 1.807) is 15.8 Å². The molecule has 40 heavy (non-hydrogen) atoms. The second kappa shape index (κ2) is 9.01. The molecule has 4 bridgehead atoms. The van der Waals surface area contributed by atoms with Gasteiger partial charge >= 0.3 is 0 Å². The molecule has 4 aliphatic carbocycles. The van der Waals surface area contributed by atoms with E-state index in [0.717, 1.165) is 39.6 Å². The van der Waals surface area contributed by atoms with Gasteiger partial charge in [0.2, 0.25) is 5.17 Å². The highest BCUT2D eigenvalue weighted by molar-refractivity contribution is 8.27. The topological polar surface area (TPSA) is 86.7 Å². The third-order valence-corrected chi connectivity index (χ3v) is 10.5. The first-order chi connectivity index (χ1) is 19.4. The SMILES string of the molecule is N=C1/C(=C/c2cn(-c3ccccc3)nc2-c2ccc(Cl)cc2)C(=O)N=C2SC(C34CC5CC(CC(C5)C3)C4)=NN12. The fraction of sp³-hybridized carbons (Fsp3) is 0.323. The Balaban J connectivity index is 1.17. The zero-order chi connectivity index (χ0) is 27.0. The lowest BCUT2D eigenvalue weighted by Gasteiger charge is -2.56. The molecule has 2 aromatic carbocycles. The molecule has 2 aliphatic heterocycles. The number of nitrogens with zero attached hydrogens (tertiary/aromatic N) is 5. The molecule has 3 heterocycles. The average Bonchev–Trinajstić information content (AvgIpc) is 3.57. The molecule has 0 radical (unpaired) electrons. The summed E-state index contributed by atoms with van der Waals surface area (Å²) in [6.45, 7) is 0. The summed E-state index contributed by atoms with van der Waals surface area (Å²) >= 11 is 7.66. The first-order valence-corrected chi connectivity index (χ1v) is 15.1. The van der Waals surface area contributed by atoms with Crippen molar-refractivity contribution in [2.24, 2.45) is 33.3 Å². The number of aromatic nitrogens is 2. The van der Waals surface area contributed by atoms with E-state index in [0.29, 0.717) is 15.9 Å². The van der Waals surface area contributed by atoms with Gasteiger partial charge in [0.15, 0.2) is 5.84 Å². The molecule has 0 spiro atoms. The molecule has 1 aromatic heterocycles. The summed E-state index contributed by atoms with van der Waals surface area (Å²) in [5.74, 6) is 2.02. The van der Waals surface area contributed by atoms with E-state index in [-0.39, 0.29) is 16.8 Å². The molecule has 1 amide bonds. The van der Waals surface area contributed by atoms with Crippen LogP contribution < -0.4 is 0 Å².